The van der Waals surface area contributed by atoms with Gasteiger partial charge in [0.1, 0.15) is 6.33 Å². The van der Waals surface area contributed by atoms with E-state index in [2.05, 4.69) is 10.1 Å². The Kier molecular flexibility index (Phi) is 1.69. The van der Waals surface area contributed by atoms with Crippen LogP contribution in [0, 0.1) is 23.7 Å². The summed E-state index contributed by atoms with van der Waals surface area (Å²) in [5.74, 6) is 4.25. The zero-order chi connectivity index (χ0) is 10.7. The molecule has 4 aliphatic rings. The summed E-state index contributed by atoms with van der Waals surface area (Å²) in [5.41, 5.74) is 5.91. The van der Waals surface area contributed by atoms with Gasteiger partial charge < -0.3 is 5.73 Å². The Bertz CT molecular complexity index is 383. The number of nitrogens with two attached hydrogens (primary N) is 1. The number of hydrogen-bond donors (Lipinski definition) is 1. The molecule has 0 spiro atoms. The van der Waals surface area contributed by atoms with Crippen LogP contribution in [0.25, 0.3) is 0 Å². The number of nitrogen functional groups attached to an aromatic ring is 1. The predicted molar refractivity (Wildman–Crippen MR) is 60.5 cm³/mol. The molecule has 0 amide bonds. The first-order valence-corrected chi connectivity index (χ1v) is 6.46. The third kappa shape index (κ3) is 1.10. The summed E-state index contributed by atoms with van der Waals surface area (Å²) >= 11 is 0. The van der Waals surface area contributed by atoms with Gasteiger partial charge in [-0.05, 0) is 55.8 Å². The topological polar surface area (TPSA) is 56.7 Å². The maximum Gasteiger partial charge on any atom is 0.218 e. The van der Waals surface area contributed by atoms with Crippen molar-refractivity contribution in [3.63, 3.8) is 0 Å². The van der Waals surface area contributed by atoms with E-state index in [1.165, 1.54) is 32.1 Å². The summed E-state index contributed by atoms with van der Waals surface area (Å²) in [6.45, 7) is 0. The van der Waals surface area contributed by atoms with Crippen molar-refractivity contribution in [2.45, 2.75) is 38.1 Å². The summed E-state index contributed by atoms with van der Waals surface area (Å²) in [6, 6.07) is 0.551. The van der Waals surface area contributed by atoms with Crippen molar-refractivity contribution in [3.8, 4) is 0 Å². The summed E-state index contributed by atoms with van der Waals surface area (Å²) in [4.78, 5) is 4.08. The Hall–Kier alpha value is -1.06. The van der Waals surface area contributed by atoms with E-state index in [0.29, 0.717) is 12.0 Å². The van der Waals surface area contributed by atoms with Crippen molar-refractivity contribution >= 4 is 5.95 Å². The lowest BCUT2D eigenvalue weighted by molar-refractivity contribution is -0.0328. The Morgan fingerprint density at radius 2 is 1.69 bits per heavy atom. The molecule has 4 aliphatic carbocycles. The van der Waals surface area contributed by atoms with Crippen molar-refractivity contribution in [2.24, 2.45) is 23.7 Å². The van der Waals surface area contributed by atoms with Gasteiger partial charge in [0.05, 0.1) is 6.04 Å². The Morgan fingerprint density at radius 3 is 2.19 bits per heavy atom. The maximum atomic E-state index is 5.91. The minimum absolute atomic E-state index is 0.551. The third-order valence-corrected chi connectivity index (χ3v) is 5.06. The minimum Gasteiger partial charge on any atom is -0.368 e. The fourth-order valence-corrected chi connectivity index (χ4v) is 4.78. The van der Waals surface area contributed by atoms with Gasteiger partial charge in [0, 0.05) is 0 Å². The van der Waals surface area contributed by atoms with Gasteiger partial charge in [-0.1, -0.05) is 0 Å². The summed E-state index contributed by atoms with van der Waals surface area (Å²) in [5, 5.41) is 4.34. The fourth-order valence-electron chi connectivity index (χ4n) is 4.78. The highest BCUT2D eigenvalue weighted by molar-refractivity contribution is 5.16. The molecule has 0 radical (unpaired) electrons. The molecule has 4 bridgehead atoms. The van der Waals surface area contributed by atoms with E-state index in [-0.39, 0.29) is 0 Å². The molecule has 16 heavy (non-hydrogen) atoms. The number of aromatic nitrogens is 3. The largest absolute Gasteiger partial charge is 0.368 e. The molecule has 0 aromatic carbocycles. The van der Waals surface area contributed by atoms with Crippen molar-refractivity contribution in [2.75, 3.05) is 5.73 Å². The number of hydrogen-bond acceptors (Lipinski definition) is 3. The van der Waals surface area contributed by atoms with E-state index >= 15 is 0 Å². The quantitative estimate of drug-likeness (QED) is 0.782. The first kappa shape index (κ1) is 9.02. The number of anilines is 1. The molecule has 4 nitrogen and oxygen atoms in total. The van der Waals surface area contributed by atoms with Gasteiger partial charge in [-0.3, -0.25) is 0 Å². The van der Waals surface area contributed by atoms with E-state index < -0.39 is 0 Å². The second kappa shape index (κ2) is 2.99. The third-order valence-electron chi connectivity index (χ3n) is 5.06. The molecule has 1 aromatic rings. The van der Waals surface area contributed by atoms with Crippen LogP contribution >= 0.6 is 0 Å². The van der Waals surface area contributed by atoms with E-state index in [4.69, 9.17) is 5.73 Å². The monoisotopic (exact) mass is 218 g/mol. The SMILES string of the molecule is Nc1ncnn1C1C2CC3CC(C2)CC1C3. The fraction of sp³-hybridized carbons (Fsp3) is 0.833. The van der Waals surface area contributed by atoms with Gasteiger partial charge in [-0.25, -0.2) is 9.67 Å². The van der Waals surface area contributed by atoms with Crippen LogP contribution in [0.4, 0.5) is 5.95 Å². The molecule has 1 heterocycles. The average molecular weight is 218 g/mol. The van der Waals surface area contributed by atoms with Crippen LogP contribution in [-0.2, 0) is 0 Å². The summed E-state index contributed by atoms with van der Waals surface area (Å²) in [7, 11) is 0. The molecule has 0 unspecified atom stereocenters. The van der Waals surface area contributed by atoms with Crippen molar-refractivity contribution in [1.29, 1.82) is 0 Å². The van der Waals surface area contributed by atoms with Gasteiger partial charge in [-0.15, -0.1) is 0 Å². The van der Waals surface area contributed by atoms with E-state index in [9.17, 15) is 0 Å². The lowest BCUT2D eigenvalue weighted by atomic mass is 9.54. The van der Waals surface area contributed by atoms with Crippen LogP contribution in [-0.4, -0.2) is 14.8 Å². The van der Waals surface area contributed by atoms with Crippen LogP contribution in [0.3, 0.4) is 0 Å². The summed E-state index contributed by atoms with van der Waals surface area (Å²) in [6.07, 6.45) is 8.69. The van der Waals surface area contributed by atoms with Crippen LogP contribution in [0.15, 0.2) is 6.33 Å². The van der Waals surface area contributed by atoms with Gasteiger partial charge >= 0.3 is 0 Å². The highest BCUT2D eigenvalue weighted by Gasteiger charge is 2.49. The predicted octanol–water partition coefficient (Wildman–Crippen LogP) is 1.86. The van der Waals surface area contributed by atoms with Gasteiger partial charge in [0.25, 0.3) is 0 Å². The Balaban J connectivity index is 1.72. The molecule has 2 N–H and O–H groups in total. The molecule has 0 aliphatic heterocycles. The van der Waals surface area contributed by atoms with E-state index in [1.807, 2.05) is 4.68 Å². The zero-order valence-corrected chi connectivity index (χ0v) is 9.42. The Morgan fingerprint density at radius 1 is 1.06 bits per heavy atom. The van der Waals surface area contributed by atoms with Crippen LogP contribution in [0.5, 0.6) is 0 Å². The van der Waals surface area contributed by atoms with Crippen molar-refractivity contribution in [3.05, 3.63) is 6.33 Å². The molecule has 86 valence electrons. The maximum absolute atomic E-state index is 5.91. The molecular formula is C12H18N4. The molecule has 4 saturated carbocycles. The zero-order valence-electron chi connectivity index (χ0n) is 9.42. The molecular weight excluding hydrogens is 200 g/mol. The lowest BCUT2D eigenvalue weighted by Crippen LogP contribution is -2.46. The van der Waals surface area contributed by atoms with Crippen molar-refractivity contribution in [1.82, 2.24) is 14.8 Å². The first-order valence-electron chi connectivity index (χ1n) is 6.46. The van der Waals surface area contributed by atoms with Crippen LogP contribution in [0.1, 0.15) is 38.1 Å². The molecule has 4 heteroatoms. The molecule has 4 fully saturated rings. The molecule has 1 aromatic heterocycles. The molecule has 0 atom stereocenters. The lowest BCUT2D eigenvalue weighted by Gasteiger charge is -2.54. The first-order chi connectivity index (χ1) is 7.81. The highest BCUT2D eigenvalue weighted by atomic mass is 15.4. The van der Waals surface area contributed by atoms with Crippen LogP contribution in [0.2, 0.25) is 0 Å². The molecule has 0 saturated heterocycles. The normalized spacial score (nSPS) is 45.1. The second-order valence-corrected chi connectivity index (χ2v) is 5.98. The van der Waals surface area contributed by atoms with E-state index in [1.54, 1.807) is 6.33 Å². The summed E-state index contributed by atoms with van der Waals surface area (Å²) < 4.78 is 2.01. The van der Waals surface area contributed by atoms with Gasteiger partial charge in [-0.2, -0.15) is 5.10 Å². The standard InChI is InChI=1S/C12H18N4/c13-12-14-6-15-16(12)11-9-2-7-1-8(4-9)5-10(11)3-7/h6-11H,1-5H2,(H2,13,14,15). The smallest absolute Gasteiger partial charge is 0.218 e. The minimum atomic E-state index is 0.551. The second-order valence-electron chi connectivity index (χ2n) is 5.98. The van der Waals surface area contributed by atoms with Crippen molar-refractivity contribution < 1.29 is 0 Å². The highest BCUT2D eigenvalue weighted by Crippen LogP contribution is 2.58. The number of nitrogens with zero attached hydrogens (tertiary/aromatic N) is 3. The number of rotatable bonds is 1. The Labute approximate surface area is 95.2 Å². The van der Waals surface area contributed by atoms with E-state index in [0.717, 1.165) is 23.7 Å². The van der Waals surface area contributed by atoms with Gasteiger partial charge in [0.2, 0.25) is 5.95 Å². The molecule has 5 rings (SSSR count). The van der Waals surface area contributed by atoms with Crippen LogP contribution < -0.4 is 5.73 Å². The van der Waals surface area contributed by atoms with Gasteiger partial charge in [0.15, 0.2) is 0 Å². The average Bonchev–Trinajstić information content (AvgIpc) is 2.63.